The molecule has 0 radical (unpaired) electrons. The third-order valence-electron chi connectivity index (χ3n) is 4.71. The van der Waals surface area contributed by atoms with E-state index >= 15 is 0 Å². The Hall–Kier alpha value is -0.300. The summed E-state index contributed by atoms with van der Waals surface area (Å²) >= 11 is 0. The van der Waals surface area contributed by atoms with Gasteiger partial charge in [0.1, 0.15) is 0 Å². The summed E-state index contributed by atoms with van der Waals surface area (Å²) in [7, 11) is 0. The van der Waals surface area contributed by atoms with Crippen molar-refractivity contribution in [3.05, 3.63) is 11.6 Å². The van der Waals surface area contributed by atoms with E-state index in [-0.39, 0.29) is 0 Å². The number of allylic oxidation sites excluding steroid dienone is 2. The summed E-state index contributed by atoms with van der Waals surface area (Å²) in [6.07, 6.45) is 8.70. The molecule has 1 heteroatoms. The fourth-order valence-electron chi connectivity index (χ4n) is 3.82. The highest BCUT2D eigenvalue weighted by Crippen LogP contribution is 2.56. The third-order valence-corrected chi connectivity index (χ3v) is 4.71. The number of rotatable bonds is 2. The Morgan fingerprint density at radius 1 is 1.50 bits per heavy atom. The van der Waals surface area contributed by atoms with Crippen LogP contribution in [-0.4, -0.2) is 11.7 Å². The van der Waals surface area contributed by atoms with Crippen molar-refractivity contribution in [1.29, 1.82) is 0 Å². The van der Waals surface area contributed by atoms with Crippen LogP contribution >= 0.6 is 0 Å². The highest BCUT2D eigenvalue weighted by molar-refractivity contribution is 5.16. The zero-order chi connectivity index (χ0) is 10.2. The summed E-state index contributed by atoms with van der Waals surface area (Å²) in [6, 6.07) is 0. The van der Waals surface area contributed by atoms with Crippen LogP contribution in [-0.2, 0) is 0 Å². The van der Waals surface area contributed by atoms with Gasteiger partial charge in [0.05, 0.1) is 0 Å². The largest absolute Gasteiger partial charge is 0.396 e. The van der Waals surface area contributed by atoms with Gasteiger partial charge in [0.2, 0.25) is 0 Å². The lowest BCUT2D eigenvalue weighted by atomic mass is 9.65. The zero-order valence-corrected chi connectivity index (χ0v) is 9.42. The smallest absolute Gasteiger partial charge is 0.0433 e. The van der Waals surface area contributed by atoms with E-state index in [4.69, 9.17) is 5.11 Å². The van der Waals surface area contributed by atoms with Crippen molar-refractivity contribution in [3.8, 4) is 0 Å². The van der Waals surface area contributed by atoms with Crippen molar-refractivity contribution in [3.63, 3.8) is 0 Å². The first-order valence-electron chi connectivity index (χ1n) is 5.96. The Morgan fingerprint density at radius 2 is 2.29 bits per heavy atom. The van der Waals surface area contributed by atoms with E-state index in [0.717, 1.165) is 18.3 Å². The molecule has 0 heterocycles. The van der Waals surface area contributed by atoms with Gasteiger partial charge in [-0.25, -0.2) is 0 Å². The van der Waals surface area contributed by atoms with Crippen molar-refractivity contribution < 1.29 is 5.11 Å². The average molecular weight is 194 g/mol. The fraction of sp³-hybridized carbons (Fsp3) is 0.846. The minimum atomic E-state index is 0.371. The summed E-state index contributed by atoms with van der Waals surface area (Å²) in [5.41, 5.74) is 2.11. The monoisotopic (exact) mass is 194 g/mol. The zero-order valence-electron chi connectivity index (χ0n) is 9.42. The molecule has 2 aliphatic carbocycles. The molecule has 0 aromatic rings. The summed E-state index contributed by atoms with van der Waals surface area (Å²) in [5, 5.41) is 9.08. The van der Waals surface area contributed by atoms with Gasteiger partial charge in [0, 0.05) is 6.61 Å². The number of aliphatic hydroxyl groups excluding tert-OH is 1. The Bertz CT molecular complexity index is 244. The lowest BCUT2D eigenvalue weighted by Gasteiger charge is -2.40. The van der Waals surface area contributed by atoms with Crippen molar-refractivity contribution in [2.24, 2.45) is 17.3 Å². The van der Waals surface area contributed by atoms with Crippen LogP contribution in [0.1, 0.15) is 46.0 Å². The highest BCUT2D eigenvalue weighted by atomic mass is 16.3. The van der Waals surface area contributed by atoms with Gasteiger partial charge >= 0.3 is 0 Å². The molecule has 14 heavy (non-hydrogen) atoms. The van der Waals surface area contributed by atoms with Gasteiger partial charge in [-0.15, -0.1) is 0 Å². The number of aliphatic hydroxyl groups is 1. The number of hydrogen-bond donors (Lipinski definition) is 1. The highest BCUT2D eigenvalue weighted by Gasteiger charge is 2.47. The molecule has 0 amide bonds. The lowest BCUT2D eigenvalue weighted by molar-refractivity contribution is 0.125. The first-order chi connectivity index (χ1) is 6.68. The molecule has 1 saturated carbocycles. The molecular weight excluding hydrogens is 172 g/mol. The maximum Gasteiger partial charge on any atom is 0.0433 e. The molecule has 1 N–H and O–H groups in total. The molecule has 0 bridgehead atoms. The van der Waals surface area contributed by atoms with Crippen LogP contribution in [0.5, 0.6) is 0 Å². The summed E-state index contributed by atoms with van der Waals surface area (Å²) in [4.78, 5) is 0. The van der Waals surface area contributed by atoms with Crippen LogP contribution in [0, 0.1) is 17.3 Å². The molecule has 0 aromatic heterocycles. The average Bonchev–Trinajstić information content (AvgIpc) is 2.46. The first kappa shape index (κ1) is 10.2. The van der Waals surface area contributed by atoms with Crippen LogP contribution in [0.25, 0.3) is 0 Å². The maximum absolute atomic E-state index is 9.08. The standard InChI is InChI=1S/C13H22O/c1-10-4-3-8-13(2)11(7-9-14)5-6-12(10)13/h4,11-12,14H,3,5-9H2,1-2H3. The van der Waals surface area contributed by atoms with Gasteiger partial charge in [-0.3, -0.25) is 0 Å². The Labute approximate surface area is 87.2 Å². The van der Waals surface area contributed by atoms with Crippen molar-refractivity contribution in [2.45, 2.75) is 46.0 Å². The minimum Gasteiger partial charge on any atom is -0.396 e. The van der Waals surface area contributed by atoms with Crippen LogP contribution in [0.2, 0.25) is 0 Å². The topological polar surface area (TPSA) is 20.2 Å². The van der Waals surface area contributed by atoms with E-state index in [1.807, 2.05) is 0 Å². The Balaban J connectivity index is 2.18. The second-order valence-corrected chi connectivity index (χ2v) is 5.33. The van der Waals surface area contributed by atoms with E-state index < -0.39 is 0 Å². The molecule has 0 aromatic carbocycles. The minimum absolute atomic E-state index is 0.371. The van der Waals surface area contributed by atoms with Gasteiger partial charge in [-0.2, -0.15) is 0 Å². The van der Waals surface area contributed by atoms with E-state index in [9.17, 15) is 0 Å². The molecule has 2 rings (SSSR count). The molecular formula is C13H22O. The second-order valence-electron chi connectivity index (χ2n) is 5.33. The van der Waals surface area contributed by atoms with E-state index in [0.29, 0.717) is 12.0 Å². The summed E-state index contributed by atoms with van der Waals surface area (Å²) in [5.74, 6) is 1.58. The molecule has 3 atom stereocenters. The first-order valence-corrected chi connectivity index (χ1v) is 5.96. The lowest BCUT2D eigenvalue weighted by Crippen LogP contribution is -2.32. The van der Waals surface area contributed by atoms with Gasteiger partial charge in [0.15, 0.2) is 0 Å². The molecule has 0 spiro atoms. The van der Waals surface area contributed by atoms with Crippen LogP contribution in [0.4, 0.5) is 0 Å². The van der Waals surface area contributed by atoms with Crippen LogP contribution in [0.15, 0.2) is 11.6 Å². The Morgan fingerprint density at radius 3 is 3.00 bits per heavy atom. The quantitative estimate of drug-likeness (QED) is 0.670. The van der Waals surface area contributed by atoms with Gasteiger partial charge in [-0.1, -0.05) is 18.6 Å². The molecule has 0 aliphatic heterocycles. The SMILES string of the molecule is CC1=CCCC2(C)C(CCO)CCC12. The van der Waals surface area contributed by atoms with Crippen LogP contribution < -0.4 is 0 Å². The maximum atomic E-state index is 9.08. The summed E-state index contributed by atoms with van der Waals surface area (Å²) < 4.78 is 0. The second kappa shape index (κ2) is 3.69. The fourth-order valence-corrected chi connectivity index (χ4v) is 3.82. The number of fused-ring (bicyclic) bond motifs is 1. The number of hydrogen-bond acceptors (Lipinski definition) is 1. The van der Waals surface area contributed by atoms with Crippen molar-refractivity contribution >= 4 is 0 Å². The molecule has 0 saturated heterocycles. The van der Waals surface area contributed by atoms with Crippen LogP contribution in [0.3, 0.4) is 0 Å². The molecule has 2 aliphatic rings. The molecule has 1 fully saturated rings. The van der Waals surface area contributed by atoms with E-state index in [1.165, 1.54) is 25.7 Å². The predicted molar refractivity (Wildman–Crippen MR) is 59.0 cm³/mol. The molecule has 3 unspecified atom stereocenters. The normalized spacial score (nSPS) is 42.1. The van der Waals surface area contributed by atoms with E-state index in [1.54, 1.807) is 5.57 Å². The van der Waals surface area contributed by atoms with Gasteiger partial charge in [-0.05, 0) is 56.3 Å². The molecule has 80 valence electrons. The van der Waals surface area contributed by atoms with Gasteiger partial charge in [0.25, 0.3) is 0 Å². The summed E-state index contributed by atoms with van der Waals surface area (Å²) in [6.45, 7) is 5.11. The molecule has 1 nitrogen and oxygen atoms in total. The third kappa shape index (κ3) is 1.42. The van der Waals surface area contributed by atoms with E-state index in [2.05, 4.69) is 19.9 Å². The Kier molecular flexibility index (Phi) is 2.70. The van der Waals surface area contributed by atoms with Gasteiger partial charge < -0.3 is 5.11 Å². The predicted octanol–water partition coefficient (Wildman–Crippen LogP) is 3.14. The van der Waals surface area contributed by atoms with Crippen molar-refractivity contribution in [1.82, 2.24) is 0 Å². The van der Waals surface area contributed by atoms with Crippen molar-refractivity contribution in [2.75, 3.05) is 6.61 Å².